The van der Waals surface area contributed by atoms with Gasteiger partial charge in [0.25, 0.3) is 0 Å². The van der Waals surface area contributed by atoms with Gasteiger partial charge in [0.05, 0.1) is 0 Å². The Hall–Kier alpha value is -0.433. The summed E-state index contributed by atoms with van der Waals surface area (Å²) in [6.45, 7) is 15.0. The molecule has 0 spiro atoms. The van der Waals surface area contributed by atoms with Gasteiger partial charge in [0.15, 0.2) is 0 Å². The summed E-state index contributed by atoms with van der Waals surface area (Å²) >= 11 is 0. The van der Waals surface area contributed by atoms with E-state index in [4.69, 9.17) is 13.3 Å². The molecular weight excluding hydrogens is 370 g/mol. The molecule has 1 N–H and O–H groups in total. The van der Waals surface area contributed by atoms with Gasteiger partial charge in [0.1, 0.15) is 0 Å². The number of carbonyl (C=O) groups excluding carboxylic acids is 1. The Morgan fingerprint density at radius 2 is 1.50 bits per heavy atom. The normalized spacial score (nSPS) is 12.4. The van der Waals surface area contributed by atoms with Crippen LogP contribution in [-0.4, -0.2) is 41.1 Å². The number of amides is 1. The van der Waals surface area contributed by atoms with E-state index in [1.54, 1.807) is 0 Å². The minimum atomic E-state index is -2.62. The third kappa shape index (κ3) is 13.7. The Morgan fingerprint density at radius 3 is 2.04 bits per heavy atom. The van der Waals surface area contributed by atoms with Crippen LogP contribution in [0.15, 0.2) is 0 Å². The molecule has 0 saturated heterocycles. The molecule has 6 heteroatoms. The molecule has 0 aliphatic heterocycles. The van der Waals surface area contributed by atoms with Crippen LogP contribution >= 0.6 is 0 Å². The van der Waals surface area contributed by atoms with Crippen molar-refractivity contribution in [2.24, 2.45) is 5.41 Å². The maximum absolute atomic E-state index is 12.1. The zero-order valence-corrected chi connectivity index (χ0v) is 20.4. The molecule has 1 radical (unpaired) electrons. The first-order valence-electron chi connectivity index (χ1n) is 11.3. The van der Waals surface area contributed by atoms with Gasteiger partial charge in [-0.1, -0.05) is 52.9 Å². The minimum Gasteiger partial charge on any atom is -0.374 e. The highest BCUT2D eigenvalue weighted by atomic mass is 28.4. The minimum absolute atomic E-state index is 0.0207. The van der Waals surface area contributed by atoms with Gasteiger partial charge in [-0.25, -0.2) is 0 Å². The summed E-state index contributed by atoms with van der Waals surface area (Å²) in [5.41, 5.74) is -0.0207. The molecule has 0 heterocycles. The third-order valence-corrected chi connectivity index (χ3v) is 7.84. The quantitative estimate of drug-likeness (QED) is 0.222. The largest absolute Gasteiger partial charge is 0.500 e. The molecule has 0 fully saturated rings. The molecule has 0 bridgehead atoms. The van der Waals surface area contributed by atoms with Crippen LogP contribution in [0.2, 0.25) is 6.04 Å². The maximum atomic E-state index is 12.1. The third-order valence-electron chi connectivity index (χ3n) is 4.79. The van der Waals surface area contributed by atoms with Crippen LogP contribution in [0.3, 0.4) is 0 Å². The molecule has 0 aromatic carbocycles. The number of unbranched alkanes of at least 4 members (excludes halogenated alkanes) is 6. The molecule has 167 valence electrons. The second kappa shape index (κ2) is 16.4. The lowest BCUT2D eigenvalue weighted by atomic mass is 9.90. The van der Waals surface area contributed by atoms with E-state index >= 15 is 0 Å². The molecular formula is C22H46NO4Si. The van der Waals surface area contributed by atoms with E-state index in [2.05, 4.69) is 32.5 Å². The summed E-state index contributed by atoms with van der Waals surface area (Å²) in [6, 6.07) is 0.777. The fourth-order valence-electron chi connectivity index (χ4n) is 3.07. The molecule has 1 amide bonds. The summed E-state index contributed by atoms with van der Waals surface area (Å²) in [5.74, 6) is 0.157. The van der Waals surface area contributed by atoms with E-state index in [1.807, 2.05) is 20.8 Å². The summed E-state index contributed by atoms with van der Waals surface area (Å²) < 4.78 is 17.8. The molecule has 5 nitrogen and oxygen atoms in total. The smallest absolute Gasteiger partial charge is 0.374 e. The fraction of sp³-hybridized carbons (Fsp3) is 0.909. The first kappa shape index (κ1) is 27.6. The number of nitrogens with one attached hydrogen (secondary N) is 1. The Balaban J connectivity index is 4.20. The number of hydrogen-bond donors (Lipinski definition) is 1. The van der Waals surface area contributed by atoms with Crippen molar-refractivity contribution in [3.8, 4) is 0 Å². The summed E-state index contributed by atoms with van der Waals surface area (Å²) in [7, 11) is -2.62. The van der Waals surface area contributed by atoms with E-state index in [9.17, 15) is 4.79 Å². The van der Waals surface area contributed by atoms with Crippen molar-refractivity contribution >= 4 is 14.7 Å². The predicted octanol–water partition coefficient (Wildman–Crippen LogP) is 5.52. The number of rotatable bonds is 19. The molecule has 0 aromatic heterocycles. The molecule has 0 rings (SSSR count). The van der Waals surface area contributed by atoms with Crippen LogP contribution in [0.1, 0.15) is 92.9 Å². The molecule has 0 aromatic rings. The van der Waals surface area contributed by atoms with Gasteiger partial charge in [-0.15, -0.1) is 0 Å². The molecule has 0 aliphatic rings. The summed E-state index contributed by atoms with van der Waals surface area (Å²) in [6.07, 6.45) is 10.8. The zero-order valence-electron chi connectivity index (χ0n) is 19.4. The van der Waals surface area contributed by atoms with E-state index in [0.29, 0.717) is 32.8 Å². The van der Waals surface area contributed by atoms with E-state index in [-0.39, 0.29) is 11.3 Å². The van der Waals surface area contributed by atoms with Crippen LogP contribution in [0.5, 0.6) is 0 Å². The highest BCUT2D eigenvalue weighted by Crippen LogP contribution is 2.28. The van der Waals surface area contributed by atoms with Gasteiger partial charge >= 0.3 is 8.80 Å². The molecule has 0 saturated carbocycles. The average Bonchev–Trinajstić information content (AvgIpc) is 2.65. The standard InChI is InChI=1S/C22H46NO4Si/c1-7-11-12-13-14-15-16-17-21(24)23-20-22(5,6)18-19-28(25-8-2,26-9-3)27-10-4/h13H,7-12,14-20H2,1-6H3,(H,23,24). The second-order valence-electron chi connectivity index (χ2n) is 8.10. The monoisotopic (exact) mass is 416 g/mol. The van der Waals surface area contributed by atoms with Crippen LogP contribution in [-0.2, 0) is 18.1 Å². The van der Waals surface area contributed by atoms with Crippen molar-refractivity contribution in [2.75, 3.05) is 26.4 Å². The van der Waals surface area contributed by atoms with Gasteiger partial charge in [0, 0.05) is 38.8 Å². The van der Waals surface area contributed by atoms with Crippen LogP contribution in [0, 0.1) is 11.8 Å². The maximum Gasteiger partial charge on any atom is 0.500 e. The van der Waals surface area contributed by atoms with E-state index in [0.717, 1.165) is 31.7 Å². The fourth-order valence-corrected chi connectivity index (χ4v) is 6.06. The Kier molecular flexibility index (Phi) is 16.1. The van der Waals surface area contributed by atoms with E-state index in [1.165, 1.54) is 19.3 Å². The highest BCUT2D eigenvalue weighted by Gasteiger charge is 2.41. The van der Waals surface area contributed by atoms with Gasteiger partial charge in [0.2, 0.25) is 5.91 Å². The van der Waals surface area contributed by atoms with Crippen molar-refractivity contribution in [1.82, 2.24) is 5.32 Å². The first-order valence-corrected chi connectivity index (χ1v) is 13.3. The predicted molar refractivity (Wildman–Crippen MR) is 119 cm³/mol. The van der Waals surface area contributed by atoms with Crippen molar-refractivity contribution in [2.45, 2.75) is 99.0 Å². The second-order valence-corrected chi connectivity index (χ2v) is 10.8. The molecule has 0 aliphatic carbocycles. The first-order chi connectivity index (χ1) is 13.3. The lowest BCUT2D eigenvalue weighted by Gasteiger charge is -2.32. The molecule has 0 atom stereocenters. The molecule has 28 heavy (non-hydrogen) atoms. The van der Waals surface area contributed by atoms with Gasteiger partial charge in [-0.05, 0) is 45.4 Å². The van der Waals surface area contributed by atoms with Crippen LogP contribution < -0.4 is 5.32 Å². The van der Waals surface area contributed by atoms with Crippen molar-refractivity contribution < 1.29 is 18.1 Å². The lowest BCUT2D eigenvalue weighted by molar-refractivity contribution is -0.121. The summed E-state index contributed by atoms with van der Waals surface area (Å²) in [5, 5.41) is 3.11. The van der Waals surface area contributed by atoms with Crippen LogP contribution in [0.25, 0.3) is 0 Å². The van der Waals surface area contributed by atoms with Gasteiger partial charge < -0.3 is 18.6 Å². The number of hydrogen-bond acceptors (Lipinski definition) is 4. The summed E-state index contributed by atoms with van der Waals surface area (Å²) in [4.78, 5) is 12.1. The Labute approximate surface area is 175 Å². The zero-order chi connectivity index (χ0) is 21.3. The Bertz CT molecular complexity index is 374. The van der Waals surface area contributed by atoms with Gasteiger partial charge in [-0.2, -0.15) is 0 Å². The Morgan fingerprint density at radius 1 is 0.929 bits per heavy atom. The van der Waals surface area contributed by atoms with Gasteiger partial charge in [-0.3, -0.25) is 4.79 Å². The lowest BCUT2D eigenvalue weighted by Crippen LogP contribution is -2.47. The molecule has 0 unspecified atom stereocenters. The van der Waals surface area contributed by atoms with E-state index < -0.39 is 8.80 Å². The highest BCUT2D eigenvalue weighted by molar-refractivity contribution is 6.60. The number of carbonyl (C=O) groups is 1. The van der Waals surface area contributed by atoms with Crippen molar-refractivity contribution in [3.05, 3.63) is 6.42 Å². The average molecular weight is 417 g/mol. The van der Waals surface area contributed by atoms with Crippen LogP contribution in [0.4, 0.5) is 0 Å². The SMILES string of the molecule is CCCC[CH]CCCCC(=O)NCC(C)(C)CC[Si](OCC)(OCC)OCC. The van der Waals surface area contributed by atoms with Crippen molar-refractivity contribution in [1.29, 1.82) is 0 Å². The van der Waals surface area contributed by atoms with Crippen molar-refractivity contribution in [3.63, 3.8) is 0 Å². The topological polar surface area (TPSA) is 56.8 Å².